The van der Waals surface area contributed by atoms with Crippen LogP contribution in [0.25, 0.3) is 6.08 Å². The van der Waals surface area contributed by atoms with Gasteiger partial charge in [0, 0.05) is 23.1 Å². The second-order valence-electron chi connectivity index (χ2n) is 4.43. The van der Waals surface area contributed by atoms with Gasteiger partial charge in [-0.05, 0) is 47.4 Å². The summed E-state index contributed by atoms with van der Waals surface area (Å²) < 4.78 is 0. The van der Waals surface area contributed by atoms with Crippen molar-refractivity contribution in [3.8, 4) is 0 Å². The first-order valence-electron chi connectivity index (χ1n) is 6.58. The van der Waals surface area contributed by atoms with Crippen molar-refractivity contribution >= 4 is 46.3 Å². The van der Waals surface area contributed by atoms with Gasteiger partial charge in [-0.1, -0.05) is 6.07 Å². The number of amides is 1. The van der Waals surface area contributed by atoms with Crippen molar-refractivity contribution in [3.63, 3.8) is 0 Å². The van der Waals surface area contributed by atoms with Crippen molar-refractivity contribution in [2.75, 3.05) is 0 Å². The molecule has 2 rings (SSSR count). The normalized spacial score (nSPS) is 10.4. The van der Waals surface area contributed by atoms with Crippen molar-refractivity contribution < 1.29 is 9.72 Å². The highest BCUT2D eigenvalue weighted by Crippen LogP contribution is 2.12. The Kier molecular flexibility index (Phi) is 5.95. The van der Waals surface area contributed by atoms with Gasteiger partial charge in [0.05, 0.1) is 11.5 Å². The Bertz CT molecular complexity index is 725. The Labute approximate surface area is 142 Å². The fourth-order valence-electron chi connectivity index (χ4n) is 1.66. The molecule has 0 atom stereocenters. The number of thiophene rings is 1. The maximum absolute atomic E-state index is 11.7. The highest BCUT2D eigenvalue weighted by Gasteiger charge is 2.04. The van der Waals surface area contributed by atoms with E-state index in [9.17, 15) is 14.9 Å². The van der Waals surface area contributed by atoms with E-state index in [1.165, 1.54) is 18.2 Å². The van der Waals surface area contributed by atoms with Crippen LogP contribution in [-0.2, 0) is 11.3 Å². The van der Waals surface area contributed by atoms with Crippen molar-refractivity contribution in [3.05, 3.63) is 68.4 Å². The largest absolute Gasteiger partial charge is 0.357 e. The minimum Gasteiger partial charge on any atom is -0.357 e. The summed E-state index contributed by atoms with van der Waals surface area (Å²) in [6.07, 6.45) is 2.88. The number of thiocarbonyl (C=S) groups is 1. The fraction of sp³-hybridized carbons (Fsp3) is 0.0667. The van der Waals surface area contributed by atoms with Gasteiger partial charge >= 0.3 is 0 Å². The van der Waals surface area contributed by atoms with Crippen molar-refractivity contribution in [1.29, 1.82) is 0 Å². The molecule has 2 aromatic rings. The van der Waals surface area contributed by atoms with Crippen LogP contribution >= 0.6 is 23.6 Å². The third-order valence-electron chi connectivity index (χ3n) is 2.77. The minimum atomic E-state index is -0.474. The topological polar surface area (TPSA) is 84.3 Å². The minimum absolute atomic E-state index is 0.00514. The highest BCUT2D eigenvalue weighted by atomic mass is 32.1. The Balaban J connectivity index is 1.81. The molecule has 0 unspecified atom stereocenters. The van der Waals surface area contributed by atoms with Crippen LogP contribution in [0.15, 0.2) is 47.9 Å². The third kappa shape index (κ3) is 5.61. The standard InChI is InChI=1S/C15H13N3O3S2/c19-14(17-15(22)16-10-13-2-1-9-23-13)8-5-11-3-6-12(7-4-11)18(20)21/h1-9H,10H2,(H2,16,17,19,22)/b8-5+. The van der Waals surface area contributed by atoms with Gasteiger partial charge in [-0.15, -0.1) is 11.3 Å². The predicted molar refractivity (Wildman–Crippen MR) is 94.0 cm³/mol. The zero-order chi connectivity index (χ0) is 16.7. The van der Waals surface area contributed by atoms with E-state index >= 15 is 0 Å². The summed E-state index contributed by atoms with van der Waals surface area (Å²) >= 11 is 6.63. The number of carbonyl (C=O) groups excluding carboxylic acids is 1. The molecule has 6 nitrogen and oxygen atoms in total. The van der Waals surface area contributed by atoms with Gasteiger partial charge in [0.1, 0.15) is 0 Å². The maximum atomic E-state index is 11.7. The van der Waals surface area contributed by atoms with Gasteiger partial charge in [0.2, 0.25) is 5.91 Å². The van der Waals surface area contributed by atoms with Crippen LogP contribution in [0.1, 0.15) is 10.4 Å². The molecule has 1 amide bonds. The summed E-state index contributed by atoms with van der Waals surface area (Å²) in [6, 6.07) is 9.80. The molecule has 0 aliphatic rings. The number of rotatable bonds is 5. The number of nitro benzene ring substituents is 1. The molecular weight excluding hydrogens is 334 g/mol. The van der Waals surface area contributed by atoms with E-state index in [2.05, 4.69) is 10.6 Å². The van der Waals surface area contributed by atoms with E-state index in [-0.39, 0.29) is 16.7 Å². The van der Waals surface area contributed by atoms with E-state index in [1.54, 1.807) is 29.5 Å². The van der Waals surface area contributed by atoms with Gasteiger partial charge in [-0.2, -0.15) is 0 Å². The van der Waals surface area contributed by atoms with Gasteiger partial charge in [-0.25, -0.2) is 0 Å². The molecule has 118 valence electrons. The zero-order valence-corrected chi connectivity index (χ0v) is 13.5. The Morgan fingerprint density at radius 3 is 2.65 bits per heavy atom. The summed E-state index contributed by atoms with van der Waals surface area (Å²) in [6.45, 7) is 0.558. The zero-order valence-electron chi connectivity index (χ0n) is 11.9. The fourth-order valence-corrected chi connectivity index (χ4v) is 2.47. The number of hydrogen-bond acceptors (Lipinski definition) is 5. The second-order valence-corrected chi connectivity index (χ2v) is 5.87. The van der Waals surface area contributed by atoms with Crippen LogP contribution in [0.2, 0.25) is 0 Å². The van der Waals surface area contributed by atoms with Crippen molar-refractivity contribution in [2.24, 2.45) is 0 Å². The lowest BCUT2D eigenvalue weighted by molar-refractivity contribution is -0.384. The van der Waals surface area contributed by atoms with Gasteiger partial charge in [0.25, 0.3) is 5.69 Å². The second kappa shape index (κ2) is 8.16. The van der Waals surface area contributed by atoms with Gasteiger partial charge in [0.15, 0.2) is 5.11 Å². The molecule has 0 spiro atoms. The molecule has 8 heteroatoms. The highest BCUT2D eigenvalue weighted by molar-refractivity contribution is 7.80. The summed E-state index contributed by atoms with van der Waals surface area (Å²) in [7, 11) is 0. The first kappa shape index (κ1) is 16.8. The van der Waals surface area contributed by atoms with Crippen LogP contribution in [0, 0.1) is 10.1 Å². The monoisotopic (exact) mass is 347 g/mol. The van der Waals surface area contributed by atoms with E-state index in [0.29, 0.717) is 12.1 Å². The molecule has 0 fully saturated rings. The lowest BCUT2D eigenvalue weighted by Crippen LogP contribution is -2.37. The molecular formula is C15H13N3O3S2. The molecule has 0 bridgehead atoms. The molecule has 1 aromatic carbocycles. The van der Waals surface area contributed by atoms with E-state index in [1.807, 2.05) is 17.5 Å². The number of non-ortho nitro benzene ring substituents is 1. The summed E-state index contributed by atoms with van der Waals surface area (Å²) in [5.41, 5.74) is 0.689. The van der Waals surface area contributed by atoms with Crippen LogP contribution < -0.4 is 10.6 Å². The number of hydrogen-bond donors (Lipinski definition) is 2. The quantitative estimate of drug-likeness (QED) is 0.376. The molecule has 0 radical (unpaired) electrons. The average Bonchev–Trinajstić information content (AvgIpc) is 3.05. The number of nitrogens with zero attached hydrogens (tertiary/aromatic N) is 1. The van der Waals surface area contributed by atoms with Crippen molar-refractivity contribution in [2.45, 2.75) is 6.54 Å². The van der Waals surface area contributed by atoms with E-state index in [4.69, 9.17) is 12.2 Å². The maximum Gasteiger partial charge on any atom is 0.269 e. The SMILES string of the molecule is O=C(/C=C/c1ccc([N+](=O)[O-])cc1)NC(=S)NCc1cccs1. The third-order valence-corrected chi connectivity index (χ3v) is 3.89. The molecule has 0 saturated carbocycles. The van der Waals surface area contributed by atoms with Crippen LogP contribution in [0.5, 0.6) is 0 Å². The van der Waals surface area contributed by atoms with Crippen LogP contribution in [0.4, 0.5) is 5.69 Å². The molecule has 1 heterocycles. The Morgan fingerprint density at radius 2 is 2.04 bits per heavy atom. The molecule has 0 aliphatic heterocycles. The van der Waals surface area contributed by atoms with E-state index in [0.717, 1.165) is 4.88 Å². The Morgan fingerprint density at radius 1 is 1.30 bits per heavy atom. The molecule has 23 heavy (non-hydrogen) atoms. The van der Waals surface area contributed by atoms with Crippen LogP contribution in [-0.4, -0.2) is 15.9 Å². The Hall–Kier alpha value is -2.58. The number of carbonyl (C=O) groups is 1. The van der Waals surface area contributed by atoms with Gasteiger partial charge < -0.3 is 5.32 Å². The molecule has 1 aromatic heterocycles. The lowest BCUT2D eigenvalue weighted by atomic mass is 10.2. The number of nitrogens with one attached hydrogen (secondary N) is 2. The van der Waals surface area contributed by atoms with E-state index < -0.39 is 4.92 Å². The smallest absolute Gasteiger partial charge is 0.269 e. The lowest BCUT2D eigenvalue weighted by Gasteiger charge is -2.06. The van der Waals surface area contributed by atoms with Crippen LogP contribution in [0.3, 0.4) is 0 Å². The van der Waals surface area contributed by atoms with Crippen molar-refractivity contribution in [1.82, 2.24) is 10.6 Å². The molecule has 0 aliphatic carbocycles. The molecule has 0 saturated heterocycles. The predicted octanol–water partition coefficient (Wildman–Crippen LogP) is 2.86. The summed E-state index contributed by atoms with van der Waals surface area (Å²) in [4.78, 5) is 22.9. The summed E-state index contributed by atoms with van der Waals surface area (Å²) in [5.74, 6) is -0.368. The van der Waals surface area contributed by atoms with Gasteiger partial charge in [-0.3, -0.25) is 20.2 Å². The first-order chi connectivity index (χ1) is 11.0. The number of nitro groups is 1. The number of benzene rings is 1. The first-order valence-corrected chi connectivity index (χ1v) is 7.87. The average molecular weight is 347 g/mol. The molecule has 2 N–H and O–H groups in total. The summed E-state index contributed by atoms with van der Waals surface area (Å²) in [5, 5.41) is 18.2.